The van der Waals surface area contributed by atoms with Crippen molar-refractivity contribution in [1.82, 2.24) is 5.32 Å². The molecule has 2 aliphatic heterocycles. The maximum Gasteiger partial charge on any atom is 0.270 e. The molecule has 8 heteroatoms. The van der Waals surface area contributed by atoms with E-state index in [0.29, 0.717) is 28.7 Å². The molecular weight excluding hydrogens is 450 g/mol. The van der Waals surface area contributed by atoms with Gasteiger partial charge < -0.3 is 14.4 Å². The molecule has 2 amide bonds. The molecule has 0 unspecified atom stereocenters. The second kappa shape index (κ2) is 9.85. The molecule has 0 aromatic heterocycles. The Morgan fingerprint density at radius 3 is 2.24 bits per heavy atom. The maximum absolute atomic E-state index is 13.4. The first-order chi connectivity index (χ1) is 16.3. The molecular formula is C26H29N3O4S. The average molecular weight is 480 g/mol. The molecule has 0 atom stereocenters. The summed E-state index contributed by atoms with van der Waals surface area (Å²) in [5, 5.41) is 2.69. The molecule has 0 spiro atoms. The SMILES string of the molecule is COc1cc(N2CCCC2)c(OC)cc1/C=C1\C(=O)NC(=S)N(c2ccc(C(C)C)cc2)C1=O. The van der Waals surface area contributed by atoms with Crippen LogP contribution in [0.15, 0.2) is 42.0 Å². The normalized spacial score (nSPS) is 17.6. The Kier molecular flexibility index (Phi) is 6.88. The number of thiocarbonyl (C=S) groups is 1. The predicted molar refractivity (Wildman–Crippen MR) is 138 cm³/mol. The topological polar surface area (TPSA) is 71.1 Å². The van der Waals surface area contributed by atoms with Gasteiger partial charge in [-0.25, -0.2) is 0 Å². The number of nitrogens with zero attached hydrogens (tertiary/aromatic N) is 2. The highest BCUT2D eigenvalue weighted by Gasteiger charge is 2.35. The molecule has 2 aliphatic rings. The highest BCUT2D eigenvalue weighted by atomic mass is 32.1. The molecule has 4 rings (SSSR count). The molecule has 0 bridgehead atoms. The van der Waals surface area contributed by atoms with Crippen LogP contribution in [0.3, 0.4) is 0 Å². The first-order valence-electron chi connectivity index (χ1n) is 11.4. The third kappa shape index (κ3) is 4.50. The van der Waals surface area contributed by atoms with E-state index in [4.69, 9.17) is 21.7 Å². The summed E-state index contributed by atoms with van der Waals surface area (Å²) in [6.07, 6.45) is 3.78. The summed E-state index contributed by atoms with van der Waals surface area (Å²) in [5.74, 6) is 0.538. The Morgan fingerprint density at radius 2 is 1.65 bits per heavy atom. The van der Waals surface area contributed by atoms with E-state index in [9.17, 15) is 9.59 Å². The second-order valence-electron chi connectivity index (χ2n) is 8.66. The summed E-state index contributed by atoms with van der Waals surface area (Å²) >= 11 is 5.33. The number of benzene rings is 2. The fourth-order valence-corrected chi connectivity index (χ4v) is 4.56. The van der Waals surface area contributed by atoms with Crippen molar-refractivity contribution in [1.29, 1.82) is 0 Å². The summed E-state index contributed by atoms with van der Waals surface area (Å²) in [4.78, 5) is 29.8. The number of carbonyl (C=O) groups excluding carboxylic acids is 2. The van der Waals surface area contributed by atoms with Gasteiger partial charge in [-0.15, -0.1) is 0 Å². The minimum atomic E-state index is -0.547. The van der Waals surface area contributed by atoms with Crippen LogP contribution in [-0.2, 0) is 9.59 Å². The summed E-state index contributed by atoms with van der Waals surface area (Å²) in [6.45, 7) is 6.10. The zero-order valence-corrected chi connectivity index (χ0v) is 20.7. The number of rotatable bonds is 6. The number of ether oxygens (including phenoxy) is 2. The monoisotopic (exact) mass is 479 g/mol. The predicted octanol–water partition coefficient (Wildman–Crippen LogP) is 4.26. The molecule has 0 radical (unpaired) electrons. The molecule has 7 nitrogen and oxygen atoms in total. The number of hydrogen-bond donors (Lipinski definition) is 1. The van der Waals surface area contributed by atoms with Crippen LogP contribution in [0.1, 0.15) is 43.7 Å². The highest BCUT2D eigenvalue weighted by Crippen LogP contribution is 2.38. The Hall–Kier alpha value is -3.39. The molecule has 0 saturated carbocycles. The van der Waals surface area contributed by atoms with E-state index in [1.165, 1.54) is 11.0 Å². The first-order valence-corrected chi connectivity index (χ1v) is 11.8. The van der Waals surface area contributed by atoms with Crippen molar-refractivity contribution in [3.63, 3.8) is 0 Å². The van der Waals surface area contributed by atoms with E-state index in [0.717, 1.165) is 37.2 Å². The first kappa shape index (κ1) is 23.8. The van der Waals surface area contributed by atoms with Gasteiger partial charge >= 0.3 is 0 Å². The van der Waals surface area contributed by atoms with Gasteiger partial charge in [0.15, 0.2) is 5.11 Å². The number of amides is 2. The number of methoxy groups -OCH3 is 2. The van der Waals surface area contributed by atoms with Gasteiger partial charge in [0, 0.05) is 24.7 Å². The van der Waals surface area contributed by atoms with Crippen molar-refractivity contribution in [2.24, 2.45) is 0 Å². The summed E-state index contributed by atoms with van der Waals surface area (Å²) < 4.78 is 11.3. The second-order valence-corrected chi connectivity index (χ2v) is 9.05. The Morgan fingerprint density at radius 1 is 1.00 bits per heavy atom. The van der Waals surface area contributed by atoms with Crippen LogP contribution in [0.2, 0.25) is 0 Å². The third-order valence-corrected chi connectivity index (χ3v) is 6.48. The summed E-state index contributed by atoms with van der Waals surface area (Å²) in [5.41, 5.74) is 3.22. The lowest BCUT2D eigenvalue weighted by molar-refractivity contribution is -0.122. The van der Waals surface area contributed by atoms with Crippen LogP contribution in [0.4, 0.5) is 11.4 Å². The van der Waals surface area contributed by atoms with E-state index >= 15 is 0 Å². The number of hydrogen-bond acceptors (Lipinski definition) is 6. The molecule has 0 aliphatic carbocycles. The van der Waals surface area contributed by atoms with Gasteiger partial charge in [0.05, 0.1) is 25.6 Å². The minimum absolute atomic E-state index is 0.0317. The molecule has 2 aromatic rings. The Labute approximate surface area is 205 Å². The summed E-state index contributed by atoms with van der Waals surface area (Å²) in [6, 6.07) is 11.3. The van der Waals surface area contributed by atoms with E-state index in [-0.39, 0.29) is 10.7 Å². The van der Waals surface area contributed by atoms with Gasteiger partial charge in [0.2, 0.25) is 0 Å². The molecule has 1 N–H and O–H groups in total. The Bertz CT molecular complexity index is 1150. The number of nitrogens with one attached hydrogen (secondary N) is 1. The number of carbonyl (C=O) groups is 2. The van der Waals surface area contributed by atoms with Gasteiger partial charge in [-0.05, 0) is 60.8 Å². The van der Waals surface area contributed by atoms with Crippen molar-refractivity contribution in [3.8, 4) is 11.5 Å². The van der Waals surface area contributed by atoms with Crippen LogP contribution < -0.4 is 24.6 Å². The van der Waals surface area contributed by atoms with Crippen molar-refractivity contribution in [2.45, 2.75) is 32.6 Å². The average Bonchev–Trinajstić information content (AvgIpc) is 3.36. The van der Waals surface area contributed by atoms with Crippen LogP contribution in [0.25, 0.3) is 6.08 Å². The lowest BCUT2D eigenvalue weighted by Crippen LogP contribution is -2.54. The lowest BCUT2D eigenvalue weighted by atomic mass is 10.0. The largest absolute Gasteiger partial charge is 0.496 e. The standard InChI is InChI=1S/C26H29N3O4S/c1-16(2)17-7-9-19(10-8-17)29-25(31)20(24(30)27-26(29)34)13-18-14-23(33-4)21(15-22(18)32-3)28-11-5-6-12-28/h7-10,13-16H,5-6,11-12H2,1-4H3,(H,27,30,34)/b20-13+. The summed E-state index contributed by atoms with van der Waals surface area (Å²) in [7, 11) is 3.18. The van der Waals surface area contributed by atoms with Crippen LogP contribution in [0, 0.1) is 0 Å². The highest BCUT2D eigenvalue weighted by molar-refractivity contribution is 7.80. The maximum atomic E-state index is 13.4. The minimum Gasteiger partial charge on any atom is -0.496 e. The van der Waals surface area contributed by atoms with E-state index < -0.39 is 11.8 Å². The van der Waals surface area contributed by atoms with E-state index in [1.54, 1.807) is 20.3 Å². The van der Waals surface area contributed by atoms with Crippen LogP contribution in [0.5, 0.6) is 11.5 Å². The lowest BCUT2D eigenvalue weighted by Gasteiger charge is -2.29. The zero-order valence-electron chi connectivity index (χ0n) is 19.9. The Balaban J connectivity index is 1.73. The molecule has 34 heavy (non-hydrogen) atoms. The van der Waals surface area contributed by atoms with Crippen molar-refractivity contribution in [2.75, 3.05) is 37.1 Å². The van der Waals surface area contributed by atoms with Crippen LogP contribution in [-0.4, -0.2) is 44.2 Å². The fourth-order valence-electron chi connectivity index (χ4n) is 4.28. The van der Waals surface area contributed by atoms with Gasteiger partial charge in [-0.2, -0.15) is 0 Å². The third-order valence-electron chi connectivity index (χ3n) is 6.20. The molecule has 2 fully saturated rings. The van der Waals surface area contributed by atoms with Gasteiger partial charge in [-0.1, -0.05) is 26.0 Å². The van der Waals surface area contributed by atoms with E-state index in [2.05, 4.69) is 24.1 Å². The van der Waals surface area contributed by atoms with E-state index in [1.807, 2.05) is 30.3 Å². The smallest absolute Gasteiger partial charge is 0.270 e. The molecule has 2 heterocycles. The van der Waals surface area contributed by atoms with Crippen molar-refractivity contribution >= 4 is 46.6 Å². The fraction of sp³-hybridized carbons (Fsp3) is 0.346. The quantitative estimate of drug-likeness (QED) is 0.379. The molecule has 2 saturated heterocycles. The zero-order chi connectivity index (χ0) is 24.4. The van der Waals surface area contributed by atoms with Gasteiger partial charge in [0.1, 0.15) is 17.1 Å². The van der Waals surface area contributed by atoms with Crippen molar-refractivity contribution in [3.05, 3.63) is 53.1 Å². The van der Waals surface area contributed by atoms with Gasteiger partial charge in [0.25, 0.3) is 11.8 Å². The molecule has 2 aromatic carbocycles. The van der Waals surface area contributed by atoms with Crippen molar-refractivity contribution < 1.29 is 19.1 Å². The number of anilines is 2. The van der Waals surface area contributed by atoms with Gasteiger partial charge in [-0.3, -0.25) is 19.8 Å². The van der Waals surface area contributed by atoms with Crippen LogP contribution >= 0.6 is 12.2 Å². The molecule has 178 valence electrons.